The Bertz CT molecular complexity index is 165. The SMILES string of the molecule is Cl.[B]1CCCCCCCC1C1CCCCCCCC1. The maximum Gasteiger partial charge on any atom is 0.113 e. The maximum absolute atomic E-state index is 2.73. The molecule has 2 rings (SSSR count). The van der Waals surface area contributed by atoms with Gasteiger partial charge in [0.15, 0.2) is 0 Å². The van der Waals surface area contributed by atoms with Crippen molar-refractivity contribution in [3.8, 4) is 0 Å². The third kappa shape index (κ3) is 7.07. The molecule has 1 heterocycles. The normalized spacial score (nSPS) is 28.3. The van der Waals surface area contributed by atoms with Crippen molar-refractivity contribution < 1.29 is 0 Å². The van der Waals surface area contributed by atoms with Crippen molar-refractivity contribution in [2.75, 3.05) is 0 Å². The molecule has 0 aromatic carbocycles. The zero-order valence-corrected chi connectivity index (χ0v) is 13.6. The van der Waals surface area contributed by atoms with E-state index in [0.29, 0.717) is 0 Å². The Morgan fingerprint density at radius 2 is 1.00 bits per heavy atom. The first-order valence-electron chi connectivity index (χ1n) is 8.80. The third-order valence-electron chi connectivity index (χ3n) is 5.22. The lowest BCUT2D eigenvalue weighted by atomic mass is 9.54. The van der Waals surface area contributed by atoms with Crippen molar-refractivity contribution in [3.05, 3.63) is 0 Å². The van der Waals surface area contributed by atoms with Crippen LogP contribution in [0.3, 0.4) is 0 Å². The molecule has 1 saturated heterocycles. The Morgan fingerprint density at radius 1 is 0.526 bits per heavy atom. The molecule has 0 spiro atoms. The van der Waals surface area contributed by atoms with Gasteiger partial charge in [-0.05, 0) is 5.92 Å². The Kier molecular flexibility index (Phi) is 10.1. The van der Waals surface area contributed by atoms with E-state index < -0.39 is 0 Å². The fourth-order valence-corrected chi connectivity index (χ4v) is 4.03. The molecule has 0 aromatic rings. The maximum atomic E-state index is 2.73. The molecule has 1 saturated carbocycles. The molecular formula is C17H33BCl. The fraction of sp³-hybridized carbons (Fsp3) is 1.00. The van der Waals surface area contributed by atoms with Gasteiger partial charge in [-0.3, -0.25) is 0 Å². The van der Waals surface area contributed by atoms with Gasteiger partial charge in [0.2, 0.25) is 0 Å². The van der Waals surface area contributed by atoms with E-state index in [4.69, 9.17) is 0 Å². The minimum Gasteiger partial charge on any atom is -0.147 e. The van der Waals surface area contributed by atoms with Crippen LogP contribution in [0.2, 0.25) is 12.1 Å². The van der Waals surface area contributed by atoms with E-state index in [9.17, 15) is 0 Å². The molecule has 2 fully saturated rings. The molecule has 1 atom stereocenters. The summed E-state index contributed by atoms with van der Waals surface area (Å²) in [6.45, 7) is 0. The van der Waals surface area contributed by atoms with E-state index in [-0.39, 0.29) is 12.4 Å². The zero-order valence-electron chi connectivity index (χ0n) is 12.7. The first-order valence-corrected chi connectivity index (χ1v) is 8.80. The summed E-state index contributed by atoms with van der Waals surface area (Å²) in [4.78, 5) is 0. The third-order valence-corrected chi connectivity index (χ3v) is 5.22. The summed E-state index contributed by atoms with van der Waals surface area (Å²) >= 11 is 0. The number of halogens is 1. The Hall–Kier alpha value is 0.355. The first kappa shape index (κ1) is 17.4. The average molecular weight is 284 g/mol. The molecule has 0 aromatic heterocycles. The molecule has 0 amide bonds. The fourth-order valence-electron chi connectivity index (χ4n) is 4.03. The highest BCUT2D eigenvalue weighted by Gasteiger charge is 2.22. The summed E-state index contributed by atoms with van der Waals surface area (Å²) in [5, 5.41) is 0. The van der Waals surface area contributed by atoms with Gasteiger partial charge in [-0.15, -0.1) is 12.4 Å². The van der Waals surface area contributed by atoms with E-state index in [0.717, 1.165) is 11.7 Å². The predicted molar refractivity (Wildman–Crippen MR) is 89.7 cm³/mol. The van der Waals surface area contributed by atoms with E-state index in [2.05, 4.69) is 7.28 Å². The molecular weight excluding hydrogens is 250 g/mol. The molecule has 2 heteroatoms. The van der Waals surface area contributed by atoms with Crippen molar-refractivity contribution in [2.45, 2.75) is 102 Å². The van der Waals surface area contributed by atoms with Crippen LogP contribution in [0.15, 0.2) is 0 Å². The quantitative estimate of drug-likeness (QED) is 0.487. The first-order chi connectivity index (χ1) is 8.97. The van der Waals surface area contributed by atoms with Gasteiger partial charge in [0.25, 0.3) is 0 Å². The number of hydrogen-bond acceptors (Lipinski definition) is 0. The average Bonchev–Trinajstić information content (AvgIpc) is 2.61. The lowest BCUT2D eigenvalue weighted by Crippen LogP contribution is -2.15. The molecule has 0 nitrogen and oxygen atoms in total. The monoisotopic (exact) mass is 283 g/mol. The summed E-state index contributed by atoms with van der Waals surface area (Å²) in [7, 11) is 2.73. The Labute approximate surface area is 128 Å². The van der Waals surface area contributed by atoms with Crippen molar-refractivity contribution in [1.29, 1.82) is 0 Å². The molecule has 1 radical (unpaired) electrons. The van der Waals surface area contributed by atoms with E-state index in [1.165, 1.54) is 96.2 Å². The zero-order chi connectivity index (χ0) is 12.5. The van der Waals surface area contributed by atoms with Crippen molar-refractivity contribution in [3.63, 3.8) is 0 Å². The summed E-state index contributed by atoms with van der Waals surface area (Å²) in [5.41, 5.74) is 0. The molecule has 2 aliphatic rings. The van der Waals surface area contributed by atoms with Crippen molar-refractivity contribution in [2.24, 2.45) is 5.92 Å². The molecule has 1 aliphatic heterocycles. The lowest BCUT2D eigenvalue weighted by molar-refractivity contribution is 0.381. The summed E-state index contributed by atoms with van der Waals surface area (Å²) in [5.74, 6) is 2.02. The highest BCUT2D eigenvalue weighted by molar-refractivity contribution is 6.37. The molecule has 19 heavy (non-hydrogen) atoms. The van der Waals surface area contributed by atoms with E-state index in [1.807, 2.05) is 0 Å². The Morgan fingerprint density at radius 3 is 1.63 bits per heavy atom. The van der Waals surface area contributed by atoms with Crippen molar-refractivity contribution >= 4 is 19.7 Å². The molecule has 1 aliphatic carbocycles. The van der Waals surface area contributed by atoms with Crippen LogP contribution in [0.4, 0.5) is 0 Å². The number of hydrogen-bond donors (Lipinski definition) is 0. The van der Waals surface area contributed by atoms with Gasteiger partial charge in [-0.2, -0.15) is 0 Å². The largest absolute Gasteiger partial charge is 0.147 e. The molecule has 111 valence electrons. The standard InChI is InChI=1S/C17H32B.ClH/c1-2-5-9-13-16(12-8-4-1)17-14-10-6-3-7-11-15-18-17;/h16-17H,1-15H2;1H. The van der Waals surface area contributed by atoms with Gasteiger partial charge in [-0.25, -0.2) is 0 Å². The molecule has 0 N–H and O–H groups in total. The second-order valence-corrected chi connectivity index (χ2v) is 6.70. The molecule has 1 unspecified atom stereocenters. The summed E-state index contributed by atoms with van der Waals surface area (Å²) in [6.07, 6.45) is 22.4. The highest BCUT2D eigenvalue weighted by atomic mass is 35.5. The van der Waals surface area contributed by atoms with E-state index >= 15 is 0 Å². The summed E-state index contributed by atoms with van der Waals surface area (Å²) in [6, 6.07) is 0. The Balaban J connectivity index is 0.00000180. The highest BCUT2D eigenvalue weighted by Crippen LogP contribution is 2.36. The lowest BCUT2D eigenvalue weighted by Gasteiger charge is -2.26. The van der Waals surface area contributed by atoms with Gasteiger partial charge in [0.05, 0.1) is 0 Å². The van der Waals surface area contributed by atoms with Crippen LogP contribution < -0.4 is 0 Å². The van der Waals surface area contributed by atoms with Gasteiger partial charge in [0, 0.05) is 0 Å². The van der Waals surface area contributed by atoms with Crippen LogP contribution in [0.25, 0.3) is 0 Å². The summed E-state index contributed by atoms with van der Waals surface area (Å²) < 4.78 is 0. The van der Waals surface area contributed by atoms with Crippen LogP contribution in [-0.2, 0) is 0 Å². The van der Waals surface area contributed by atoms with Crippen LogP contribution in [0, 0.1) is 5.92 Å². The van der Waals surface area contributed by atoms with Gasteiger partial charge in [-0.1, -0.05) is 102 Å². The van der Waals surface area contributed by atoms with Crippen molar-refractivity contribution in [1.82, 2.24) is 0 Å². The minimum absolute atomic E-state index is 0. The predicted octanol–water partition coefficient (Wildman–Crippen LogP) is 6.42. The van der Waals surface area contributed by atoms with Gasteiger partial charge >= 0.3 is 0 Å². The van der Waals surface area contributed by atoms with Crippen LogP contribution >= 0.6 is 12.4 Å². The minimum atomic E-state index is 0. The van der Waals surface area contributed by atoms with Gasteiger partial charge in [0.1, 0.15) is 7.28 Å². The second kappa shape index (κ2) is 11.1. The van der Waals surface area contributed by atoms with Gasteiger partial charge < -0.3 is 0 Å². The molecule has 0 bridgehead atoms. The second-order valence-electron chi connectivity index (χ2n) is 6.70. The van der Waals surface area contributed by atoms with Crippen LogP contribution in [0.1, 0.15) is 89.9 Å². The van der Waals surface area contributed by atoms with Crippen LogP contribution in [0.5, 0.6) is 0 Å². The van der Waals surface area contributed by atoms with E-state index in [1.54, 1.807) is 0 Å². The number of rotatable bonds is 1. The smallest absolute Gasteiger partial charge is 0.113 e. The van der Waals surface area contributed by atoms with Crippen LogP contribution in [-0.4, -0.2) is 7.28 Å². The topological polar surface area (TPSA) is 0 Å².